The van der Waals surface area contributed by atoms with Gasteiger partial charge in [0.15, 0.2) is 11.5 Å². The first-order chi connectivity index (χ1) is 9.33. The molecule has 0 atom stereocenters. The third-order valence-corrected chi connectivity index (χ3v) is 3.52. The number of esters is 1. The predicted octanol–water partition coefficient (Wildman–Crippen LogP) is -1.42. The lowest BCUT2D eigenvalue weighted by molar-refractivity contribution is -0.0000249. The summed E-state index contributed by atoms with van der Waals surface area (Å²) < 4.78 is 15.8. The van der Waals surface area contributed by atoms with Crippen molar-refractivity contribution in [2.24, 2.45) is 5.92 Å². The fourth-order valence-electron chi connectivity index (χ4n) is 2.35. The first kappa shape index (κ1) is 14.9. The third kappa shape index (κ3) is 3.35. The molecule has 0 aliphatic carbocycles. The number of carbonyl (C=O) groups excluding carboxylic acids is 1. The molecule has 0 radical (unpaired) electrons. The van der Waals surface area contributed by atoms with E-state index in [9.17, 15) is 4.79 Å². The van der Waals surface area contributed by atoms with Crippen LogP contribution in [-0.2, 0) is 4.74 Å². The molecule has 20 heavy (non-hydrogen) atoms. The lowest BCUT2D eigenvalue weighted by Gasteiger charge is -2.22. The number of benzene rings is 1. The summed E-state index contributed by atoms with van der Waals surface area (Å²) in [6, 6.07) is 5.12. The summed E-state index contributed by atoms with van der Waals surface area (Å²) in [5, 5.41) is 3.29. The summed E-state index contributed by atoms with van der Waals surface area (Å²) >= 11 is 0. The molecule has 5 nitrogen and oxygen atoms in total. The molecule has 1 N–H and O–H groups in total. The molecule has 1 saturated heterocycles. The van der Waals surface area contributed by atoms with Crippen molar-refractivity contribution in [3.8, 4) is 11.5 Å². The van der Waals surface area contributed by atoms with Crippen LogP contribution in [-0.4, -0.2) is 32.5 Å². The summed E-state index contributed by atoms with van der Waals surface area (Å²) in [5.41, 5.74) is 0.512. The average molecular weight is 299 g/mol. The van der Waals surface area contributed by atoms with Gasteiger partial charge in [0.25, 0.3) is 0 Å². The van der Waals surface area contributed by atoms with Gasteiger partial charge in [-0.25, -0.2) is 4.79 Å². The van der Waals surface area contributed by atoms with Crippen molar-refractivity contribution in [1.82, 2.24) is 5.32 Å². The lowest BCUT2D eigenvalue weighted by Crippen LogP contribution is -3.00. The maximum Gasteiger partial charge on any atom is 0.338 e. The minimum atomic E-state index is -0.295. The summed E-state index contributed by atoms with van der Waals surface area (Å²) in [6.45, 7) is 2.72. The van der Waals surface area contributed by atoms with Crippen molar-refractivity contribution in [2.45, 2.75) is 12.8 Å². The highest BCUT2D eigenvalue weighted by Crippen LogP contribution is 2.32. The highest BCUT2D eigenvalue weighted by atomic mass is 35.5. The highest BCUT2D eigenvalue weighted by molar-refractivity contribution is 5.90. The van der Waals surface area contributed by atoms with Crippen LogP contribution in [0.25, 0.3) is 0 Å². The Labute approximate surface area is 124 Å². The van der Waals surface area contributed by atoms with Gasteiger partial charge in [0, 0.05) is 0 Å². The first-order valence-electron chi connectivity index (χ1n) is 6.60. The van der Waals surface area contributed by atoms with Crippen LogP contribution in [0, 0.1) is 5.92 Å². The second kappa shape index (κ2) is 6.81. The van der Waals surface area contributed by atoms with Gasteiger partial charge in [-0.2, -0.15) is 0 Å². The number of piperidine rings is 1. The van der Waals surface area contributed by atoms with E-state index in [-0.39, 0.29) is 25.2 Å². The number of fused-ring (bicyclic) bond motifs is 1. The molecule has 0 aromatic heterocycles. The predicted molar refractivity (Wildman–Crippen MR) is 68.4 cm³/mol. The smallest absolute Gasteiger partial charge is 0.338 e. The molecular formula is C14H17ClNO4-. The van der Waals surface area contributed by atoms with Gasteiger partial charge in [-0.05, 0) is 50.0 Å². The topological polar surface area (TPSA) is 56.8 Å². The average Bonchev–Trinajstić information content (AvgIpc) is 2.93. The van der Waals surface area contributed by atoms with E-state index in [1.54, 1.807) is 18.2 Å². The molecular weight excluding hydrogens is 282 g/mol. The van der Waals surface area contributed by atoms with Gasteiger partial charge in [0.1, 0.15) is 0 Å². The molecule has 0 unspecified atom stereocenters. The van der Waals surface area contributed by atoms with E-state index in [1.165, 1.54) is 0 Å². The maximum atomic E-state index is 12.0. The Balaban J connectivity index is 0.00000147. The van der Waals surface area contributed by atoms with Gasteiger partial charge in [-0.3, -0.25) is 0 Å². The standard InChI is InChI=1S/C14H17NO4.ClH/c16-14(17-8-10-3-5-15-6-4-10)11-1-2-12-13(7-11)19-9-18-12;/h1-2,7,10,15H,3-6,8-9H2;1H/p-1. The third-order valence-electron chi connectivity index (χ3n) is 3.52. The Bertz CT molecular complexity index is 474. The van der Waals surface area contributed by atoms with Gasteiger partial charge in [-0.1, -0.05) is 0 Å². The fourth-order valence-corrected chi connectivity index (χ4v) is 2.35. The number of rotatable bonds is 3. The zero-order valence-corrected chi connectivity index (χ0v) is 11.8. The molecule has 0 amide bonds. The second-order valence-corrected chi connectivity index (χ2v) is 4.86. The summed E-state index contributed by atoms with van der Waals surface area (Å²) in [7, 11) is 0. The van der Waals surface area contributed by atoms with Crippen molar-refractivity contribution in [3.63, 3.8) is 0 Å². The highest BCUT2D eigenvalue weighted by Gasteiger charge is 2.19. The van der Waals surface area contributed by atoms with Gasteiger partial charge < -0.3 is 31.9 Å². The number of ether oxygens (including phenoxy) is 3. The lowest BCUT2D eigenvalue weighted by atomic mass is 9.99. The van der Waals surface area contributed by atoms with E-state index < -0.39 is 0 Å². The first-order valence-corrected chi connectivity index (χ1v) is 6.60. The zero-order chi connectivity index (χ0) is 13.1. The van der Waals surface area contributed by atoms with E-state index in [4.69, 9.17) is 14.2 Å². The molecule has 3 rings (SSSR count). The number of hydrogen-bond donors (Lipinski definition) is 1. The van der Waals surface area contributed by atoms with E-state index >= 15 is 0 Å². The Kier molecular flexibility index (Phi) is 5.09. The summed E-state index contributed by atoms with van der Waals surface area (Å²) in [5.74, 6) is 1.46. The number of carbonyl (C=O) groups is 1. The Hall–Kier alpha value is -1.46. The van der Waals surface area contributed by atoms with Crippen molar-refractivity contribution in [1.29, 1.82) is 0 Å². The molecule has 1 fully saturated rings. The molecule has 2 aliphatic rings. The van der Waals surface area contributed by atoms with E-state index in [0.29, 0.717) is 29.6 Å². The molecule has 6 heteroatoms. The van der Waals surface area contributed by atoms with Crippen LogP contribution in [0.3, 0.4) is 0 Å². The van der Waals surface area contributed by atoms with Crippen molar-refractivity contribution >= 4 is 5.97 Å². The Morgan fingerprint density at radius 1 is 1.25 bits per heavy atom. The largest absolute Gasteiger partial charge is 1.00 e. The van der Waals surface area contributed by atoms with Crippen molar-refractivity contribution in [3.05, 3.63) is 23.8 Å². The van der Waals surface area contributed by atoms with Gasteiger partial charge in [0.05, 0.1) is 12.2 Å². The minimum absolute atomic E-state index is 0. The molecule has 0 saturated carbocycles. The van der Waals surface area contributed by atoms with Gasteiger partial charge >= 0.3 is 5.97 Å². The second-order valence-electron chi connectivity index (χ2n) is 4.86. The maximum absolute atomic E-state index is 12.0. The molecule has 0 bridgehead atoms. The molecule has 0 spiro atoms. The van der Waals surface area contributed by atoms with Crippen LogP contribution >= 0.6 is 0 Å². The zero-order valence-electron chi connectivity index (χ0n) is 11.1. The Morgan fingerprint density at radius 3 is 2.80 bits per heavy atom. The van der Waals surface area contributed by atoms with Crippen LogP contribution < -0.4 is 27.2 Å². The van der Waals surface area contributed by atoms with Crippen molar-refractivity contribution < 1.29 is 31.4 Å². The molecule has 2 aliphatic heterocycles. The quantitative estimate of drug-likeness (QED) is 0.694. The van der Waals surface area contributed by atoms with Crippen molar-refractivity contribution in [2.75, 3.05) is 26.5 Å². The van der Waals surface area contributed by atoms with Crippen LogP contribution in [0.1, 0.15) is 23.2 Å². The van der Waals surface area contributed by atoms with E-state index in [0.717, 1.165) is 25.9 Å². The summed E-state index contributed by atoms with van der Waals surface area (Å²) in [6.07, 6.45) is 2.13. The monoisotopic (exact) mass is 298 g/mol. The molecule has 1 aromatic carbocycles. The van der Waals surface area contributed by atoms with Crippen LogP contribution in [0.15, 0.2) is 18.2 Å². The van der Waals surface area contributed by atoms with E-state index in [1.807, 2.05) is 0 Å². The van der Waals surface area contributed by atoms with Crippen LogP contribution in [0.5, 0.6) is 11.5 Å². The number of nitrogens with one attached hydrogen (secondary N) is 1. The van der Waals surface area contributed by atoms with Crippen LogP contribution in [0.4, 0.5) is 0 Å². The number of halogens is 1. The van der Waals surface area contributed by atoms with Gasteiger partial charge in [-0.15, -0.1) is 0 Å². The molecule has 110 valence electrons. The van der Waals surface area contributed by atoms with Crippen LogP contribution in [0.2, 0.25) is 0 Å². The SMILES string of the molecule is O=C(OCC1CCNCC1)c1ccc2c(c1)OCO2.[Cl-]. The van der Waals surface area contributed by atoms with Gasteiger partial charge in [0.2, 0.25) is 6.79 Å². The molecule has 1 aromatic rings. The Morgan fingerprint density at radius 2 is 2.00 bits per heavy atom. The number of hydrogen-bond acceptors (Lipinski definition) is 5. The minimum Gasteiger partial charge on any atom is -1.00 e. The fraction of sp³-hybridized carbons (Fsp3) is 0.500. The normalized spacial score (nSPS) is 17.4. The summed E-state index contributed by atoms with van der Waals surface area (Å²) in [4.78, 5) is 12.0. The molecule has 2 heterocycles. The van der Waals surface area contributed by atoms with E-state index in [2.05, 4.69) is 5.32 Å².